The van der Waals surface area contributed by atoms with Crippen LogP contribution in [0.15, 0.2) is 53.0 Å². The first kappa shape index (κ1) is 16.4. The van der Waals surface area contributed by atoms with Crippen molar-refractivity contribution in [2.75, 3.05) is 6.54 Å². The third-order valence-corrected chi connectivity index (χ3v) is 3.22. The van der Waals surface area contributed by atoms with Gasteiger partial charge in [0.15, 0.2) is 6.39 Å². The van der Waals surface area contributed by atoms with E-state index < -0.39 is 6.10 Å². The summed E-state index contributed by atoms with van der Waals surface area (Å²) >= 11 is 0. The van der Waals surface area contributed by atoms with Crippen molar-refractivity contribution in [3.8, 4) is 0 Å². The van der Waals surface area contributed by atoms with Crippen molar-refractivity contribution in [3.63, 3.8) is 0 Å². The molecule has 3 N–H and O–H groups in total. The quantitative estimate of drug-likeness (QED) is 0.751. The van der Waals surface area contributed by atoms with Crippen molar-refractivity contribution in [3.05, 3.63) is 54.3 Å². The number of aliphatic hydroxyl groups is 1. The molecule has 20 heavy (non-hydrogen) atoms. The summed E-state index contributed by atoms with van der Waals surface area (Å²) in [7, 11) is 0. The molecular formula is C16H24N2O2. The van der Waals surface area contributed by atoms with E-state index in [1.165, 1.54) is 6.39 Å². The van der Waals surface area contributed by atoms with Crippen molar-refractivity contribution < 1.29 is 9.52 Å². The number of oxazole rings is 1. The van der Waals surface area contributed by atoms with Crippen molar-refractivity contribution in [2.45, 2.75) is 33.3 Å². The average Bonchev–Trinajstić information content (AvgIpc) is 2.94. The molecule has 0 saturated heterocycles. The van der Waals surface area contributed by atoms with Crippen molar-refractivity contribution in [2.24, 2.45) is 11.1 Å². The van der Waals surface area contributed by atoms with Crippen LogP contribution in [-0.4, -0.2) is 22.7 Å². The minimum absolute atomic E-state index is 0.309. The van der Waals surface area contributed by atoms with E-state index in [0.717, 1.165) is 17.8 Å². The standard InChI is InChI=1S/C16H24N2O2/c1-13(15(19)16(2,3)11-17)8-6-4-5-7-9-14-10-18-12-20-14/h4-8,10,12,15,19H,9,11,17H2,1-3H3/b6-4-,7-5+,13-8-. The van der Waals surface area contributed by atoms with Crippen LogP contribution < -0.4 is 5.73 Å². The monoisotopic (exact) mass is 276 g/mol. The Labute approximate surface area is 120 Å². The lowest BCUT2D eigenvalue weighted by atomic mass is 9.83. The Morgan fingerprint density at radius 2 is 2.20 bits per heavy atom. The first-order valence-electron chi connectivity index (χ1n) is 6.73. The Kier molecular flexibility index (Phi) is 6.42. The zero-order valence-corrected chi connectivity index (χ0v) is 12.4. The van der Waals surface area contributed by atoms with Gasteiger partial charge in [-0.1, -0.05) is 44.2 Å². The number of aliphatic hydroxyl groups excluding tert-OH is 1. The van der Waals surface area contributed by atoms with Crippen LogP contribution in [0.2, 0.25) is 0 Å². The highest BCUT2D eigenvalue weighted by Gasteiger charge is 2.26. The lowest BCUT2D eigenvalue weighted by Crippen LogP contribution is -2.37. The topological polar surface area (TPSA) is 72.3 Å². The van der Waals surface area contributed by atoms with Crippen LogP contribution in [0.3, 0.4) is 0 Å². The summed E-state index contributed by atoms with van der Waals surface area (Å²) < 4.78 is 5.12. The maximum absolute atomic E-state index is 10.2. The smallest absolute Gasteiger partial charge is 0.180 e. The van der Waals surface area contributed by atoms with Crippen molar-refractivity contribution in [1.82, 2.24) is 4.98 Å². The highest BCUT2D eigenvalue weighted by molar-refractivity contribution is 5.19. The molecule has 1 unspecified atom stereocenters. The molecule has 1 heterocycles. The second-order valence-corrected chi connectivity index (χ2v) is 5.49. The molecule has 1 aromatic rings. The molecule has 0 bridgehead atoms. The van der Waals surface area contributed by atoms with E-state index in [9.17, 15) is 5.11 Å². The molecule has 0 saturated carbocycles. The molecule has 0 aliphatic rings. The van der Waals surface area contributed by atoms with Crippen LogP contribution in [0, 0.1) is 5.41 Å². The summed E-state index contributed by atoms with van der Waals surface area (Å²) in [6.07, 6.45) is 13.0. The van der Waals surface area contributed by atoms with E-state index in [2.05, 4.69) is 4.98 Å². The maximum atomic E-state index is 10.2. The van der Waals surface area contributed by atoms with E-state index >= 15 is 0 Å². The fourth-order valence-corrected chi connectivity index (χ4v) is 1.70. The van der Waals surface area contributed by atoms with Gasteiger partial charge in [0.05, 0.1) is 12.3 Å². The predicted octanol–water partition coefficient (Wildman–Crippen LogP) is 2.62. The van der Waals surface area contributed by atoms with Gasteiger partial charge in [0.2, 0.25) is 0 Å². The zero-order valence-electron chi connectivity index (χ0n) is 12.4. The second-order valence-electron chi connectivity index (χ2n) is 5.49. The highest BCUT2D eigenvalue weighted by atomic mass is 16.3. The largest absolute Gasteiger partial charge is 0.448 e. The van der Waals surface area contributed by atoms with Gasteiger partial charge >= 0.3 is 0 Å². The summed E-state index contributed by atoms with van der Waals surface area (Å²) in [5.74, 6) is 0.835. The van der Waals surface area contributed by atoms with E-state index in [1.54, 1.807) is 6.20 Å². The van der Waals surface area contributed by atoms with Gasteiger partial charge in [0, 0.05) is 18.4 Å². The number of nitrogens with zero attached hydrogens (tertiary/aromatic N) is 1. The van der Waals surface area contributed by atoms with Crippen LogP contribution in [-0.2, 0) is 6.42 Å². The molecule has 1 atom stereocenters. The van der Waals surface area contributed by atoms with Crippen LogP contribution in [0.1, 0.15) is 26.5 Å². The highest BCUT2D eigenvalue weighted by Crippen LogP contribution is 2.24. The van der Waals surface area contributed by atoms with Crippen molar-refractivity contribution >= 4 is 0 Å². The van der Waals surface area contributed by atoms with Gasteiger partial charge in [0.1, 0.15) is 5.76 Å². The third-order valence-electron chi connectivity index (χ3n) is 3.22. The Morgan fingerprint density at radius 3 is 2.80 bits per heavy atom. The van der Waals surface area contributed by atoms with Gasteiger partial charge in [-0.3, -0.25) is 0 Å². The first-order valence-corrected chi connectivity index (χ1v) is 6.73. The van der Waals surface area contributed by atoms with E-state index in [4.69, 9.17) is 10.2 Å². The van der Waals surface area contributed by atoms with E-state index in [0.29, 0.717) is 6.54 Å². The molecule has 0 amide bonds. The average molecular weight is 276 g/mol. The minimum atomic E-state index is -0.532. The zero-order chi connectivity index (χ0) is 15.0. The molecule has 0 aliphatic heterocycles. The predicted molar refractivity (Wildman–Crippen MR) is 81.1 cm³/mol. The Hall–Kier alpha value is -1.65. The van der Waals surface area contributed by atoms with Gasteiger partial charge in [-0.05, 0) is 12.5 Å². The Balaban J connectivity index is 2.46. The van der Waals surface area contributed by atoms with Crippen LogP contribution in [0.4, 0.5) is 0 Å². The van der Waals surface area contributed by atoms with Gasteiger partial charge < -0.3 is 15.3 Å². The molecule has 0 radical (unpaired) electrons. The normalized spacial score (nSPS) is 15.3. The minimum Gasteiger partial charge on any atom is -0.448 e. The third kappa shape index (κ3) is 5.15. The molecule has 0 aromatic carbocycles. The molecule has 0 aliphatic carbocycles. The van der Waals surface area contributed by atoms with Crippen LogP contribution >= 0.6 is 0 Å². The Bertz CT molecular complexity index is 471. The number of aromatic nitrogens is 1. The van der Waals surface area contributed by atoms with E-state index in [1.807, 2.05) is 51.2 Å². The second kappa shape index (κ2) is 7.82. The number of rotatable bonds is 7. The maximum Gasteiger partial charge on any atom is 0.180 e. The molecule has 0 fully saturated rings. The molecule has 0 spiro atoms. The Morgan fingerprint density at radius 1 is 1.45 bits per heavy atom. The molecular weight excluding hydrogens is 252 g/mol. The fourth-order valence-electron chi connectivity index (χ4n) is 1.70. The molecule has 110 valence electrons. The first-order chi connectivity index (χ1) is 9.47. The summed E-state index contributed by atoms with van der Waals surface area (Å²) in [5, 5.41) is 10.2. The van der Waals surface area contributed by atoms with Gasteiger partial charge in [-0.15, -0.1) is 0 Å². The summed E-state index contributed by atoms with van der Waals surface area (Å²) in [6, 6.07) is 0. The van der Waals surface area contributed by atoms with Gasteiger partial charge in [-0.25, -0.2) is 4.98 Å². The molecule has 1 aromatic heterocycles. The SMILES string of the molecule is C/C(=C/C=C\C=C\Cc1cnco1)C(O)C(C)(C)CN. The van der Waals surface area contributed by atoms with Gasteiger partial charge in [0.25, 0.3) is 0 Å². The van der Waals surface area contributed by atoms with Gasteiger partial charge in [-0.2, -0.15) is 0 Å². The summed E-state index contributed by atoms with van der Waals surface area (Å²) in [5.41, 5.74) is 6.25. The number of allylic oxidation sites excluding steroid dienone is 5. The summed E-state index contributed by atoms with van der Waals surface area (Å²) in [4.78, 5) is 3.84. The van der Waals surface area contributed by atoms with Crippen LogP contribution in [0.25, 0.3) is 0 Å². The number of hydrogen-bond donors (Lipinski definition) is 2. The fraction of sp³-hybridized carbons (Fsp3) is 0.438. The number of nitrogens with two attached hydrogens (primary N) is 1. The molecule has 1 rings (SSSR count). The van der Waals surface area contributed by atoms with Crippen LogP contribution in [0.5, 0.6) is 0 Å². The lowest BCUT2D eigenvalue weighted by molar-refractivity contribution is 0.0872. The summed E-state index contributed by atoms with van der Waals surface area (Å²) in [6.45, 7) is 6.26. The van der Waals surface area contributed by atoms with E-state index in [-0.39, 0.29) is 5.41 Å². The van der Waals surface area contributed by atoms with Crippen molar-refractivity contribution in [1.29, 1.82) is 0 Å². The molecule has 4 nitrogen and oxygen atoms in total. The molecule has 4 heteroatoms. The number of hydrogen-bond acceptors (Lipinski definition) is 4. The lowest BCUT2D eigenvalue weighted by Gasteiger charge is -2.29.